The molecule has 123 valence electrons. The zero-order valence-corrected chi connectivity index (χ0v) is 14.8. The van der Waals surface area contributed by atoms with Gasteiger partial charge < -0.3 is 0 Å². The molecule has 0 atom stereocenters. The van der Waals surface area contributed by atoms with E-state index in [9.17, 15) is 5.21 Å². The fraction of sp³-hybridized carbons (Fsp3) is 0.700. The second kappa shape index (κ2) is 7.14. The molecule has 0 amide bonds. The molecule has 0 bridgehead atoms. The summed E-state index contributed by atoms with van der Waals surface area (Å²) >= 11 is 0. The highest BCUT2D eigenvalue weighted by Crippen LogP contribution is 2.56. The van der Waals surface area contributed by atoms with Crippen molar-refractivity contribution in [2.24, 2.45) is 0 Å². The predicted molar refractivity (Wildman–Crippen MR) is 92.0 cm³/mol. The molecule has 0 saturated carbocycles. The van der Waals surface area contributed by atoms with Crippen LogP contribution >= 0.6 is 0 Å². The summed E-state index contributed by atoms with van der Waals surface area (Å²) in [6.07, 6.45) is 8.10. The fourth-order valence-corrected chi connectivity index (χ4v) is 4.77. The molecule has 1 aliphatic rings. The Hall–Kier alpha value is -0.860. The number of benzene rings is 1. The SMILES string of the molecule is CCCC1(CCC)c2ccccc2C(CCC)(CCC)N1[O]. The van der Waals surface area contributed by atoms with Crippen LogP contribution in [0, 0.1) is 0 Å². The van der Waals surface area contributed by atoms with Gasteiger partial charge in [0.15, 0.2) is 0 Å². The van der Waals surface area contributed by atoms with Crippen molar-refractivity contribution in [3.8, 4) is 0 Å². The van der Waals surface area contributed by atoms with Gasteiger partial charge in [0.1, 0.15) is 0 Å². The molecule has 0 fully saturated rings. The third-order valence-electron chi connectivity index (χ3n) is 5.36. The minimum absolute atomic E-state index is 0.301. The maximum absolute atomic E-state index is 13.7. The van der Waals surface area contributed by atoms with Crippen LogP contribution in [0.3, 0.4) is 0 Å². The highest BCUT2D eigenvalue weighted by atomic mass is 16.5. The molecule has 0 N–H and O–H groups in total. The van der Waals surface area contributed by atoms with Gasteiger partial charge in [0.05, 0.1) is 11.1 Å². The number of rotatable bonds is 8. The van der Waals surface area contributed by atoms with Gasteiger partial charge in [-0.05, 0) is 36.8 Å². The molecule has 0 unspecified atom stereocenters. The van der Waals surface area contributed by atoms with E-state index in [1.54, 1.807) is 5.06 Å². The van der Waals surface area contributed by atoms with E-state index in [1.165, 1.54) is 11.1 Å². The molecule has 2 heteroatoms. The van der Waals surface area contributed by atoms with Gasteiger partial charge in [0.25, 0.3) is 0 Å². The Labute approximate surface area is 136 Å². The largest absolute Gasteiger partial charge is 0.134 e. The molecule has 1 aromatic carbocycles. The van der Waals surface area contributed by atoms with Crippen molar-refractivity contribution in [1.82, 2.24) is 5.06 Å². The lowest BCUT2D eigenvalue weighted by molar-refractivity contribution is -0.291. The van der Waals surface area contributed by atoms with Crippen LogP contribution in [0.25, 0.3) is 0 Å². The summed E-state index contributed by atoms with van der Waals surface area (Å²) in [5, 5.41) is 15.2. The molecule has 2 rings (SSSR count). The van der Waals surface area contributed by atoms with Gasteiger partial charge in [-0.2, -0.15) is 0 Å². The topological polar surface area (TPSA) is 23.1 Å². The van der Waals surface area contributed by atoms with Crippen molar-refractivity contribution >= 4 is 0 Å². The Balaban J connectivity index is 2.64. The standard InChI is InChI=1S/C20H32NO/c1-5-13-19(14-6-2)17-11-9-10-12-18(17)20(15-7-3,16-8-4)21(19)22/h9-12H,5-8,13-16H2,1-4H3. The molecule has 0 spiro atoms. The lowest BCUT2D eigenvalue weighted by Gasteiger charge is -2.42. The fourth-order valence-electron chi connectivity index (χ4n) is 4.77. The third kappa shape index (κ3) is 2.51. The first-order valence-corrected chi connectivity index (χ1v) is 9.20. The number of fused-ring (bicyclic) bond motifs is 1. The Kier molecular flexibility index (Phi) is 5.68. The summed E-state index contributed by atoms with van der Waals surface area (Å²) in [6.45, 7) is 8.81. The second-order valence-electron chi connectivity index (χ2n) is 6.90. The Bertz CT molecular complexity index is 427. The summed E-state index contributed by atoms with van der Waals surface area (Å²) in [5.74, 6) is 0. The molecule has 1 aromatic rings. The Morgan fingerprint density at radius 2 is 1.05 bits per heavy atom. The number of nitrogens with zero attached hydrogens (tertiary/aromatic N) is 1. The van der Waals surface area contributed by atoms with Crippen LogP contribution in [0.1, 0.15) is 90.2 Å². The monoisotopic (exact) mass is 302 g/mol. The van der Waals surface area contributed by atoms with E-state index in [-0.39, 0.29) is 11.1 Å². The highest BCUT2D eigenvalue weighted by molar-refractivity contribution is 5.44. The first kappa shape index (κ1) is 17.5. The first-order valence-electron chi connectivity index (χ1n) is 9.20. The summed E-state index contributed by atoms with van der Waals surface area (Å²) in [6, 6.07) is 8.67. The van der Waals surface area contributed by atoms with Crippen LogP contribution in [-0.4, -0.2) is 5.06 Å². The van der Waals surface area contributed by atoms with Crippen LogP contribution in [0.4, 0.5) is 0 Å². The van der Waals surface area contributed by atoms with Gasteiger partial charge in [-0.3, -0.25) is 0 Å². The minimum Gasteiger partial charge on any atom is -0.134 e. The van der Waals surface area contributed by atoms with Gasteiger partial charge in [-0.15, -0.1) is 10.3 Å². The Morgan fingerprint density at radius 3 is 1.32 bits per heavy atom. The molecular weight excluding hydrogens is 270 g/mol. The number of hydroxylamine groups is 2. The van der Waals surface area contributed by atoms with Crippen molar-refractivity contribution in [1.29, 1.82) is 0 Å². The van der Waals surface area contributed by atoms with E-state index in [0.29, 0.717) is 0 Å². The second-order valence-corrected chi connectivity index (χ2v) is 6.90. The molecule has 2 nitrogen and oxygen atoms in total. The highest BCUT2D eigenvalue weighted by Gasteiger charge is 2.57. The van der Waals surface area contributed by atoms with E-state index < -0.39 is 0 Å². The van der Waals surface area contributed by atoms with Crippen molar-refractivity contribution in [2.45, 2.75) is 90.1 Å². The smallest absolute Gasteiger partial charge is 0.0755 e. The van der Waals surface area contributed by atoms with Crippen LogP contribution in [0.15, 0.2) is 24.3 Å². The average Bonchev–Trinajstić information content (AvgIpc) is 2.70. The van der Waals surface area contributed by atoms with E-state index in [0.717, 1.165) is 51.4 Å². The predicted octanol–water partition coefficient (Wildman–Crippen LogP) is 5.94. The molecule has 1 aliphatic heterocycles. The molecule has 0 aromatic heterocycles. The average molecular weight is 302 g/mol. The lowest BCUT2D eigenvalue weighted by Crippen LogP contribution is -2.48. The van der Waals surface area contributed by atoms with Crippen LogP contribution in [0.2, 0.25) is 0 Å². The molecule has 0 aliphatic carbocycles. The molecule has 22 heavy (non-hydrogen) atoms. The van der Waals surface area contributed by atoms with Gasteiger partial charge in [-0.25, -0.2) is 0 Å². The molecule has 1 heterocycles. The third-order valence-corrected chi connectivity index (χ3v) is 5.36. The summed E-state index contributed by atoms with van der Waals surface area (Å²) in [4.78, 5) is 0. The lowest BCUT2D eigenvalue weighted by atomic mass is 9.80. The van der Waals surface area contributed by atoms with Crippen molar-refractivity contribution in [3.63, 3.8) is 0 Å². The van der Waals surface area contributed by atoms with Gasteiger partial charge in [-0.1, -0.05) is 77.6 Å². The van der Waals surface area contributed by atoms with E-state index in [4.69, 9.17) is 0 Å². The van der Waals surface area contributed by atoms with E-state index in [1.807, 2.05) is 0 Å². The minimum atomic E-state index is -0.301. The molecular formula is C20H32NO. The normalized spacial score (nSPS) is 19.3. The summed E-state index contributed by atoms with van der Waals surface area (Å²) < 4.78 is 0. The molecule has 0 saturated heterocycles. The van der Waals surface area contributed by atoms with Gasteiger partial charge >= 0.3 is 0 Å². The first-order chi connectivity index (χ1) is 10.6. The van der Waals surface area contributed by atoms with Crippen molar-refractivity contribution in [3.05, 3.63) is 35.4 Å². The zero-order chi connectivity index (χ0) is 16.2. The van der Waals surface area contributed by atoms with Crippen LogP contribution in [-0.2, 0) is 16.3 Å². The summed E-state index contributed by atoms with van der Waals surface area (Å²) in [7, 11) is 0. The van der Waals surface area contributed by atoms with Crippen LogP contribution < -0.4 is 0 Å². The maximum atomic E-state index is 13.7. The number of hydrogen-bond donors (Lipinski definition) is 0. The quantitative estimate of drug-likeness (QED) is 0.583. The van der Waals surface area contributed by atoms with Crippen molar-refractivity contribution in [2.75, 3.05) is 0 Å². The summed E-state index contributed by atoms with van der Waals surface area (Å²) in [5.41, 5.74) is 2.03. The maximum Gasteiger partial charge on any atom is 0.0755 e. The van der Waals surface area contributed by atoms with Gasteiger partial charge in [0.2, 0.25) is 0 Å². The molecule has 1 radical (unpaired) electrons. The Morgan fingerprint density at radius 1 is 0.727 bits per heavy atom. The van der Waals surface area contributed by atoms with Crippen molar-refractivity contribution < 1.29 is 5.21 Å². The van der Waals surface area contributed by atoms with Crippen LogP contribution in [0.5, 0.6) is 0 Å². The number of hydrogen-bond acceptors (Lipinski definition) is 1. The van der Waals surface area contributed by atoms with E-state index in [2.05, 4.69) is 52.0 Å². The van der Waals surface area contributed by atoms with E-state index >= 15 is 0 Å². The zero-order valence-electron chi connectivity index (χ0n) is 14.8. The van der Waals surface area contributed by atoms with Gasteiger partial charge in [0, 0.05) is 0 Å².